The predicted octanol–water partition coefficient (Wildman–Crippen LogP) is 1.69. The lowest BCUT2D eigenvalue weighted by molar-refractivity contribution is 0.0939. The van der Waals surface area contributed by atoms with E-state index in [1.807, 2.05) is 13.8 Å². The molecule has 0 fully saturated rings. The highest BCUT2D eigenvalue weighted by molar-refractivity contribution is 5.99. The summed E-state index contributed by atoms with van der Waals surface area (Å²) < 4.78 is 0. The fraction of sp³-hybridized carbons (Fsp3) is 0.300. The van der Waals surface area contributed by atoms with Crippen LogP contribution in [-0.2, 0) is 0 Å². The summed E-state index contributed by atoms with van der Waals surface area (Å²) in [6, 6.07) is 4.94. The van der Waals surface area contributed by atoms with E-state index in [1.54, 1.807) is 18.2 Å². The maximum absolute atomic E-state index is 11.5. The van der Waals surface area contributed by atoms with Crippen LogP contribution in [0.2, 0.25) is 0 Å². The summed E-state index contributed by atoms with van der Waals surface area (Å²) in [6.07, 6.45) is 0. The van der Waals surface area contributed by atoms with Crippen LogP contribution in [0.25, 0.3) is 0 Å². The summed E-state index contributed by atoms with van der Waals surface area (Å²) in [5.41, 5.74) is 12.8. The van der Waals surface area contributed by atoms with Crippen molar-refractivity contribution in [1.82, 2.24) is 0 Å². The monoisotopic (exact) mass is 178 g/mol. The van der Waals surface area contributed by atoms with Gasteiger partial charge < -0.3 is 11.5 Å². The lowest BCUT2D eigenvalue weighted by Gasteiger charge is -2.06. The fourth-order valence-corrected chi connectivity index (χ4v) is 1.15. The SMILES string of the molecule is CC(C)C(=O)c1cc(N)cc(N)c1. The molecule has 1 aromatic carbocycles. The first-order valence-corrected chi connectivity index (χ1v) is 4.21. The summed E-state index contributed by atoms with van der Waals surface area (Å²) in [4.78, 5) is 11.5. The summed E-state index contributed by atoms with van der Waals surface area (Å²) in [6.45, 7) is 3.70. The molecule has 0 saturated heterocycles. The third-order valence-corrected chi connectivity index (χ3v) is 1.79. The van der Waals surface area contributed by atoms with Gasteiger partial charge >= 0.3 is 0 Å². The second kappa shape index (κ2) is 3.47. The summed E-state index contributed by atoms with van der Waals surface area (Å²) in [7, 11) is 0. The van der Waals surface area contributed by atoms with E-state index in [0.717, 1.165) is 0 Å². The average Bonchev–Trinajstić information content (AvgIpc) is 2.01. The van der Waals surface area contributed by atoms with Gasteiger partial charge in [-0.3, -0.25) is 4.79 Å². The number of carbonyl (C=O) groups is 1. The Morgan fingerprint density at radius 2 is 1.62 bits per heavy atom. The van der Waals surface area contributed by atoms with Crippen molar-refractivity contribution < 1.29 is 4.79 Å². The van der Waals surface area contributed by atoms with Crippen LogP contribution in [0.4, 0.5) is 11.4 Å². The van der Waals surface area contributed by atoms with Gasteiger partial charge in [-0.05, 0) is 18.2 Å². The van der Waals surface area contributed by atoms with Crippen LogP contribution in [0.1, 0.15) is 24.2 Å². The molecule has 0 aliphatic carbocycles. The minimum Gasteiger partial charge on any atom is -0.399 e. The van der Waals surface area contributed by atoms with E-state index in [1.165, 1.54) is 0 Å². The molecule has 0 saturated carbocycles. The van der Waals surface area contributed by atoms with Crippen molar-refractivity contribution in [3.05, 3.63) is 23.8 Å². The van der Waals surface area contributed by atoms with E-state index >= 15 is 0 Å². The molecular formula is C10H14N2O. The van der Waals surface area contributed by atoms with Crippen LogP contribution in [0, 0.1) is 5.92 Å². The van der Waals surface area contributed by atoms with Crippen LogP contribution in [-0.4, -0.2) is 5.78 Å². The van der Waals surface area contributed by atoms with Gasteiger partial charge in [0.15, 0.2) is 5.78 Å². The van der Waals surface area contributed by atoms with Gasteiger partial charge in [0.25, 0.3) is 0 Å². The zero-order valence-corrected chi connectivity index (χ0v) is 7.87. The van der Waals surface area contributed by atoms with Gasteiger partial charge in [0, 0.05) is 22.9 Å². The number of benzene rings is 1. The molecule has 0 aliphatic heterocycles. The van der Waals surface area contributed by atoms with Gasteiger partial charge in [-0.1, -0.05) is 13.8 Å². The van der Waals surface area contributed by atoms with Gasteiger partial charge in [0.2, 0.25) is 0 Å². The normalized spacial score (nSPS) is 10.4. The lowest BCUT2D eigenvalue weighted by atomic mass is 10.0. The smallest absolute Gasteiger partial charge is 0.165 e. The van der Waals surface area contributed by atoms with Crippen LogP contribution in [0.3, 0.4) is 0 Å². The molecule has 3 nitrogen and oxygen atoms in total. The molecule has 0 unspecified atom stereocenters. The van der Waals surface area contributed by atoms with Crippen LogP contribution in [0.15, 0.2) is 18.2 Å². The Balaban J connectivity index is 3.08. The quantitative estimate of drug-likeness (QED) is 0.535. The van der Waals surface area contributed by atoms with Gasteiger partial charge in [-0.25, -0.2) is 0 Å². The Hall–Kier alpha value is -1.51. The van der Waals surface area contributed by atoms with Crippen molar-refractivity contribution in [2.75, 3.05) is 11.5 Å². The largest absolute Gasteiger partial charge is 0.399 e. The van der Waals surface area contributed by atoms with E-state index in [4.69, 9.17) is 11.5 Å². The number of rotatable bonds is 2. The number of nitrogen functional groups attached to an aromatic ring is 2. The molecule has 13 heavy (non-hydrogen) atoms. The van der Waals surface area contributed by atoms with Gasteiger partial charge in [0.05, 0.1) is 0 Å². The minimum absolute atomic E-state index is 0.0267. The molecule has 0 heterocycles. The highest BCUT2D eigenvalue weighted by Crippen LogP contribution is 2.16. The number of Topliss-reactive ketones (excluding diaryl/α,β-unsaturated/α-hetero) is 1. The highest BCUT2D eigenvalue weighted by Gasteiger charge is 2.10. The minimum atomic E-state index is -0.0267. The zero-order valence-electron chi connectivity index (χ0n) is 7.87. The second-order valence-corrected chi connectivity index (χ2v) is 3.41. The third kappa shape index (κ3) is 2.21. The number of ketones is 1. The van der Waals surface area contributed by atoms with Gasteiger partial charge in [0.1, 0.15) is 0 Å². The number of nitrogens with two attached hydrogens (primary N) is 2. The lowest BCUT2D eigenvalue weighted by Crippen LogP contribution is -2.08. The molecule has 4 N–H and O–H groups in total. The molecule has 0 aliphatic rings. The average molecular weight is 178 g/mol. The van der Waals surface area contributed by atoms with Crippen LogP contribution >= 0.6 is 0 Å². The second-order valence-electron chi connectivity index (χ2n) is 3.41. The molecule has 0 radical (unpaired) electrons. The van der Waals surface area contributed by atoms with Crippen molar-refractivity contribution in [1.29, 1.82) is 0 Å². The molecule has 1 rings (SSSR count). The molecule has 0 atom stereocenters. The number of hydrogen-bond donors (Lipinski definition) is 2. The standard InChI is InChI=1S/C10H14N2O/c1-6(2)10(13)7-3-8(11)5-9(12)4-7/h3-6H,11-12H2,1-2H3. The summed E-state index contributed by atoms with van der Waals surface area (Å²) in [5.74, 6) is 0.0419. The summed E-state index contributed by atoms with van der Waals surface area (Å²) in [5, 5.41) is 0. The Bertz CT molecular complexity index is 311. The Morgan fingerprint density at radius 1 is 1.15 bits per heavy atom. The number of carbonyl (C=O) groups excluding carboxylic acids is 1. The van der Waals surface area contributed by atoms with Crippen LogP contribution in [0.5, 0.6) is 0 Å². The third-order valence-electron chi connectivity index (χ3n) is 1.79. The topological polar surface area (TPSA) is 69.1 Å². The van der Waals surface area contributed by atoms with Crippen molar-refractivity contribution in [3.8, 4) is 0 Å². The van der Waals surface area contributed by atoms with Gasteiger partial charge in [-0.2, -0.15) is 0 Å². The first-order valence-electron chi connectivity index (χ1n) is 4.21. The highest BCUT2D eigenvalue weighted by atomic mass is 16.1. The first kappa shape index (κ1) is 9.58. The molecule has 70 valence electrons. The van der Waals surface area contributed by atoms with E-state index < -0.39 is 0 Å². The van der Waals surface area contributed by atoms with Crippen molar-refractivity contribution >= 4 is 17.2 Å². The predicted molar refractivity (Wildman–Crippen MR) is 54.4 cm³/mol. The van der Waals surface area contributed by atoms with Crippen LogP contribution < -0.4 is 11.5 Å². The molecule has 0 amide bonds. The summed E-state index contributed by atoms with van der Waals surface area (Å²) >= 11 is 0. The van der Waals surface area contributed by atoms with Crippen molar-refractivity contribution in [3.63, 3.8) is 0 Å². The van der Waals surface area contributed by atoms with E-state index in [-0.39, 0.29) is 11.7 Å². The molecule has 0 bridgehead atoms. The molecular weight excluding hydrogens is 164 g/mol. The van der Waals surface area contributed by atoms with Gasteiger partial charge in [-0.15, -0.1) is 0 Å². The Kier molecular flexibility index (Phi) is 2.56. The van der Waals surface area contributed by atoms with Crippen molar-refractivity contribution in [2.24, 2.45) is 5.92 Å². The number of hydrogen-bond acceptors (Lipinski definition) is 3. The molecule has 3 heteroatoms. The maximum Gasteiger partial charge on any atom is 0.165 e. The Morgan fingerprint density at radius 3 is 2.00 bits per heavy atom. The van der Waals surface area contributed by atoms with E-state index in [0.29, 0.717) is 16.9 Å². The number of anilines is 2. The van der Waals surface area contributed by atoms with E-state index in [9.17, 15) is 4.79 Å². The molecule has 0 aromatic heterocycles. The van der Waals surface area contributed by atoms with Crippen molar-refractivity contribution in [2.45, 2.75) is 13.8 Å². The Labute approximate surface area is 77.7 Å². The zero-order chi connectivity index (χ0) is 10.0. The first-order chi connectivity index (χ1) is 6.00. The maximum atomic E-state index is 11.5. The molecule has 1 aromatic rings. The fourth-order valence-electron chi connectivity index (χ4n) is 1.15. The molecule has 0 spiro atoms. The van der Waals surface area contributed by atoms with E-state index in [2.05, 4.69) is 0 Å².